The fourth-order valence-corrected chi connectivity index (χ4v) is 2.25. The van der Waals surface area contributed by atoms with Gasteiger partial charge in [0.1, 0.15) is 0 Å². The molecule has 88 valence electrons. The summed E-state index contributed by atoms with van der Waals surface area (Å²) in [5, 5.41) is 22.6. The van der Waals surface area contributed by atoms with Crippen molar-refractivity contribution in [2.45, 2.75) is 30.0 Å². The third-order valence-corrected chi connectivity index (χ3v) is 3.55. The molecule has 16 heavy (non-hydrogen) atoms. The summed E-state index contributed by atoms with van der Waals surface area (Å²) < 4.78 is 1.59. The van der Waals surface area contributed by atoms with Gasteiger partial charge in [0.2, 0.25) is 0 Å². The van der Waals surface area contributed by atoms with Crippen LogP contribution in [0, 0.1) is 0 Å². The fraction of sp³-hybridized carbons (Fsp3) is 0.667. The molecule has 1 aliphatic carbocycles. The van der Waals surface area contributed by atoms with E-state index in [2.05, 4.69) is 10.1 Å². The van der Waals surface area contributed by atoms with Gasteiger partial charge in [-0.2, -0.15) is 5.10 Å². The third-order valence-electron chi connectivity index (χ3n) is 2.54. The molecule has 7 heteroatoms. The number of aliphatic carboxylic acids is 1. The quantitative estimate of drug-likeness (QED) is 0.736. The zero-order valence-electron chi connectivity index (χ0n) is 8.83. The summed E-state index contributed by atoms with van der Waals surface area (Å²) in [5.74, 6) is 0.0499. The Hall–Kier alpha value is -1.08. The molecular weight excluding hydrogens is 230 g/mol. The minimum absolute atomic E-state index is 0.0146. The van der Waals surface area contributed by atoms with Crippen molar-refractivity contribution < 1.29 is 15.0 Å². The maximum absolute atomic E-state index is 10.4. The van der Waals surface area contributed by atoms with Crippen molar-refractivity contribution in [3.8, 4) is 0 Å². The normalized spacial score (nSPS) is 24.1. The molecule has 1 fully saturated rings. The molecule has 0 saturated heterocycles. The lowest BCUT2D eigenvalue weighted by Crippen LogP contribution is -2.27. The molecule has 0 unspecified atom stereocenters. The van der Waals surface area contributed by atoms with Crippen LogP contribution in [0.15, 0.2) is 5.16 Å². The van der Waals surface area contributed by atoms with Gasteiger partial charge in [-0.25, -0.2) is 9.67 Å². The predicted octanol–water partition coefficient (Wildman–Crippen LogP) is 0.230. The van der Waals surface area contributed by atoms with Crippen LogP contribution < -0.4 is 0 Å². The van der Waals surface area contributed by atoms with Gasteiger partial charge in [0, 0.05) is 13.0 Å². The largest absolute Gasteiger partial charge is 0.481 e. The number of carboxylic acid groups (broad SMARTS) is 1. The molecule has 2 rings (SSSR count). The maximum atomic E-state index is 10.4. The Morgan fingerprint density at radius 3 is 2.88 bits per heavy atom. The Morgan fingerprint density at radius 2 is 2.31 bits per heavy atom. The van der Waals surface area contributed by atoms with Crippen LogP contribution in [-0.2, 0) is 11.8 Å². The highest BCUT2D eigenvalue weighted by Crippen LogP contribution is 2.35. The van der Waals surface area contributed by atoms with Crippen LogP contribution in [0.4, 0.5) is 0 Å². The van der Waals surface area contributed by atoms with Crippen LogP contribution in [0.1, 0.15) is 24.6 Å². The van der Waals surface area contributed by atoms with Gasteiger partial charge in [0.15, 0.2) is 11.0 Å². The first-order valence-electron chi connectivity index (χ1n) is 5.00. The number of carboxylic acids is 1. The van der Waals surface area contributed by atoms with Crippen molar-refractivity contribution in [1.29, 1.82) is 0 Å². The first-order chi connectivity index (χ1) is 7.56. The number of hydrogen-bond donors (Lipinski definition) is 2. The summed E-state index contributed by atoms with van der Waals surface area (Å²) in [4.78, 5) is 14.7. The van der Waals surface area contributed by atoms with E-state index in [1.54, 1.807) is 11.7 Å². The molecule has 2 N–H and O–H groups in total. The van der Waals surface area contributed by atoms with E-state index in [-0.39, 0.29) is 17.8 Å². The van der Waals surface area contributed by atoms with E-state index in [1.165, 1.54) is 0 Å². The highest BCUT2D eigenvalue weighted by Gasteiger charge is 2.32. The Morgan fingerprint density at radius 1 is 1.62 bits per heavy atom. The molecule has 1 aromatic rings. The monoisotopic (exact) mass is 243 g/mol. The van der Waals surface area contributed by atoms with Crippen molar-refractivity contribution in [2.75, 3.05) is 5.75 Å². The minimum Gasteiger partial charge on any atom is -0.481 e. The van der Waals surface area contributed by atoms with Gasteiger partial charge in [-0.1, -0.05) is 11.8 Å². The summed E-state index contributed by atoms with van der Waals surface area (Å²) >= 11 is 1.16. The lowest BCUT2D eigenvalue weighted by atomic mass is 9.82. The highest BCUT2D eigenvalue weighted by molar-refractivity contribution is 7.99. The molecule has 1 heterocycles. The van der Waals surface area contributed by atoms with Crippen LogP contribution in [-0.4, -0.2) is 42.8 Å². The molecule has 0 atom stereocenters. The molecule has 1 aliphatic rings. The molecule has 0 aromatic carbocycles. The van der Waals surface area contributed by atoms with Crippen LogP contribution in [0.2, 0.25) is 0 Å². The maximum Gasteiger partial charge on any atom is 0.313 e. The van der Waals surface area contributed by atoms with Crippen molar-refractivity contribution in [3.63, 3.8) is 0 Å². The van der Waals surface area contributed by atoms with Crippen molar-refractivity contribution in [2.24, 2.45) is 7.05 Å². The van der Waals surface area contributed by atoms with Gasteiger partial charge < -0.3 is 10.2 Å². The first-order valence-corrected chi connectivity index (χ1v) is 5.98. The average molecular weight is 243 g/mol. The van der Waals surface area contributed by atoms with Crippen molar-refractivity contribution in [1.82, 2.24) is 14.8 Å². The minimum atomic E-state index is -0.867. The number of rotatable bonds is 4. The molecule has 0 bridgehead atoms. The van der Waals surface area contributed by atoms with Gasteiger partial charge in [-0.15, -0.1) is 0 Å². The number of hydrogen-bond acceptors (Lipinski definition) is 5. The van der Waals surface area contributed by atoms with E-state index >= 15 is 0 Å². The second-order valence-electron chi connectivity index (χ2n) is 3.88. The Balaban J connectivity index is 2.01. The Labute approximate surface area is 96.7 Å². The molecule has 0 aliphatic heterocycles. The predicted molar refractivity (Wildman–Crippen MR) is 57.3 cm³/mol. The van der Waals surface area contributed by atoms with Gasteiger partial charge >= 0.3 is 5.97 Å². The van der Waals surface area contributed by atoms with Gasteiger partial charge in [0.25, 0.3) is 0 Å². The number of aryl methyl sites for hydroxylation is 1. The number of nitrogens with zero attached hydrogens (tertiary/aromatic N) is 3. The number of aromatic nitrogens is 3. The summed E-state index contributed by atoms with van der Waals surface area (Å²) in [6, 6.07) is 0. The molecule has 1 saturated carbocycles. The zero-order valence-corrected chi connectivity index (χ0v) is 9.65. The molecular formula is C9H13N3O3S. The van der Waals surface area contributed by atoms with Crippen LogP contribution in [0.5, 0.6) is 0 Å². The number of aliphatic hydroxyl groups excluding tert-OH is 1. The van der Waals surface area contributed by atoms with Crippen LogP contribution in [0.25, 0.3) is 0 Å². The SMILES string of the molecule is Cn1nc(C2CC(O)C2)nc1SCC(=O)O. The second kappa shape index (κ2) is 4.42. The van der Waals surface area contributed by atoms with Gasteiger partial charge in [-0.3, -0.25) is 4.79 Å². The average Bonchev–Trinajstić information content (AvgIpc) is 2.51. The van der Waals surface area contributed by atoms with Crippen molar-refractivity contribution >= 4 is 17.7 Å². The van der Waals surface area contributed by atoms with Crippen molar-refractivity contribution in [3.05, 3.63) is 5.82 Å². The zero-order chi connectivity index (χ0) is 11.7. The lowest BCUT2D eigenvalue weighted by Gasteiger charge is -2.28. The Bertz CT molecular complexity index is 401. The first kappa shape index (κ1) is 11.4. The summed E-state index contributed by atoms with van der Waals surface area (Å²) in [7, 11) is 1.75. The standard InChI is InChI=1S/C9H13N3O3S/c1-12-9(16-4-7(14)15)10-8(11-12)5-2-6(13)3-5/h5-6,13H,2-4H2,1H3,(H,14,15). The van der Waals surface area contributed by atoms with E-state index in [4.69, 9.17) is 5.11 Å². The van der Waals surface area contributed by atoms with Crippen LogP contribution in [0.3, 0.4) is 0 Å². The summed E-state index contributed by atoms with van der Waals surface area (Å²) in [6.45, 7) is 0. The van der Waals surface area contributed by atoms with E-state index in [0.717, 1.165) is 11.8 Å². The topological polar surface area (TPSA) is 88.2 Å². The number of thioether (sulfide) groups is 1. The Kier molecular flexibility index (Phi) is 3.15. The van der Waals surface area contributed by atoms with E-state index in [9.17, 15) is 9.90 Å². The smallest absolute Gasteiger partial charge is 0.313 e. The highest BCUT2D eigenvalue weighted by atomic mass is 32.2. The van der Waals surface area contributed by atoms with Crippen LogP contribution >= 0.6 is 11.8 Å². The molecule has 1 aromatic heterocycles. The van der Waals surface area contributed by atoms with E-state index in [0.29, 0.717) is 23.8 Å². The molecule has 0 amide bonds. The second-order valence-corrected chi connectivity index (χ2v) is 4.82. The summed E-state index contributed by atoms with van der Waals surface area (Å²) in [5.41, 5.74) is 0. The molecule has 0 radical (unpaired) electrons. The van der Waals surface area contributed by atoms with E-state index < -0.39 is 5.97 Å². The number of carbonyl (C=O) groups is 1. The van der Waals surface area contributed by atoms with E-state index in [1.807, 2.05) is 0 Å². The van der Waals surface area contributed by atoms with Gasteiger partial charge in [-0.05, 0) is 12.8 Å². The van der Waals surface area contributed by atoms with Gasteiger partial charge in [0.05, 0.1) is 11.9 Å². The molecule has 0 spiro atoms. The number of aliphatic hydroxyl groups is 1. The summed E-state index contributed by atoms with van der Waals surface area (Å²) in [6.07, 6.45) is 1.17. The fourth-order valence-electron chi connectivity index (χ4n) is 1.61. The third kappa shape index (κ3) is 2.35. The lowest BCUT2D eigenvalue weighted by molar-refractivity contribution is -0.133. The molecule has 6 nitrogen and oxygen atoms in total.